The lowest BCUT2D eigenvalue weighted by Gasteiger charge is -2.27. The molecule has 0 unspecified atom stereocenters. The molecular formula is C16H28N4O. The van der Waals surface area contributed by atoms with E-state index in [9.17, 15) is 4.79 Å². The molecule has 1 fully saturated rings. The summed E-state index contributed by atoms with van der Waals surface area (Å²) < 4.78 is 1.95. The van der Waals surface area contributed by atoms with Gasteiger partial charge in [0.1, 0.15) is 0 Å². The Labute approximate surface area is 127 Å². The minimum absolute atomic E-state index is 0.146. The number of amides is 1. The van der Waals surface area contributed by atoms with Crippen molar-refractivity contribution in [2.24, 2.45) is 13.0 Å². The van der Waals surface area contributed by atoms with Crippen LogP contribution in [-0.4, -0.2) is 28.3 Å². The summed E-state index contributed by atoms with van der Waals surface area (Å²) in [6.07, 6.45) is 3.72. The largest absolute Gasteiger partial charge is 0.352 e. The summed E-state index contributed by atoms with van der Waals surface area (Å²) in [7, 11) is 1.98. The molecule has 1 amide bonds. The molecule has 21 heavy (non-hydrogen) atoms. The topological polar surface area (TPSA) is 59.0 Å². The van der Waals surface area contributed by atoms with Gasteiger partial charge in [-0.15, -0.1) is 0 Å². The molecule has 0 radical (unpaired) electrons. The molecular weight excluding hydrogens is 264 g/mol. The van der Waals surface area contributed by atoms with Crippen molar-refractivity contribution in [3.05, 3.63) is 17.0 Å². The number of aromatic nitrogens is 2. The second-order valence-electron chi connectivity index (χ2n) is 6.00. The first kappa shape index (κ1) is 16.0. The Bertz CT molecular complexity index is 495. The Morgan fingerprint density at radius 3 is 2.81 bits per heavy atom. The lowest BCUT2D eigenvalue weighted by atomic mass is 9.92. The highest BCUT2D eigenvalue weighted by atomic mass is 16.1. The van der Waals surface area contributed by atoms with Crippen LogP contribution in [0.25, 0.3) is 0 Å². The summed E-state index contributed by atoms with van der Waals surface area (Å²) in [5.74, 6) is 0.337. The SMILES string of the molecule is CCc1nn(C)c(CC)c1CNC(=O)[C@H]1CCN[C@@H](C)C1. The second-order valence-corrected chi connectivity index (χ2v) is 6.00. The predicted octanol–water partition coefficient (Wildman–Crippen LogP) is 1.55. The van der Waals surface area contributed by atoms with Gasteiger partial charge in [0, 0.05) is 36.8 Å². The van der Waals surface area contributed by atoms with Gasteiger partial charge in [-0.2, -0.15) is 5.10 Å². The molecule has 5 heteroatoms. The van der Waals surface area contributed by atoms with Gasteiger partial charge in [-0.25, -0.2) is 0 Å². The normalized spacial score (nSPS) is 22.3. The summed E-state index contributed by atoms with van der Waals surface area (Å²) in [6, 6.07) is 0.435. The Morgan fingerprint density at radius 1 is 1.43 bits per heavy atom. The van der Waals surface area contributed by atoms with Crippen molar-refractivity contribution in [2.45, 2.75) is 59.0 Å². The number of hydrogen-bond acceptors (Lipinski definition) is 3. The van der Waals surface area contributed by atoms with Crippen molar-refractivity contribution in [1.29, 1.82) is 0 Å². The molecule has 2 atom stereocenters. The van der Waals surface area contributed by atoms with Crippen molar-refractivity contribution in [1.82, 2.24) is 20.4 Å². The van der Waals surface area contributed by atoms with Gasteiger partial charge in [0.25, 0.3) is 0 Å². The van der Waals surface area contributed by atoms with E-state index in [1.165, 1.54) is 11.3 Å². The van der Waals surface area contributed by atoms with Gasteiger partial charge in [0.05, 0.1) is 5.69 Å². The molecule has 0 aliphatic carbocycles. The van der Waals surface area contributed by atoms with Gasteiger partial charge in [-0.1, -0.05) is 13.8 Å². The van der Waals surface area contributed by atoms with Crippen molar-refractivity contribution in [3.8, 4) is 0 Å². The minimum Gasteiger partial charge on any atom is -0.352 e. The number of aryl methyl sites for hydroxylation is 2. The zero-order valence-corrected chi connectivity index (χ0v) is 13.7. The summed E-state index contributed by atoms with van der Waals surface area (Å²) >= 11 is 0. The van der Waals surface area contributed by atoms with Gasteiger partial charge in [-0.3, -0.25) is 9.48 Å². The first-order valence-electron chi connectivity index (χ1n) is 8.11. The van der Waals surface area contributed by atoms with Gasteiger partial charge in [0.15, 0.2) is 0 Å². The van der Waals surface area contributed by atoms with Crippen LogP contribution in [0.2, 0.25) is 0 Å². The fourth-order valence-electron chi connectivity index (χ4n) is 3.28. The van der Waals surface area contributed by atoms with Gasteiger partial charge < -0.3 is 10.6 Å². The van der Waals surface area contributed by atoms with Crippen LogP contribution < -0.4 is 10.6 Å². The van der Waals surface area contributed by atoms with Gasteiger partial charge in [-0.05, 0) is 39.2 Å². The monoisotopic (exact) mass is 292 g/mol. The highest BCUT2D eigenvalue weighted by molar-refractivity contribution is 5.78. The molecule has 1 aromatic heterocycles. The standard InChI is InChI=1S/C16H28N4O/c1-5-14-13(15(6-2)20(4)19-14)10-18-16(21)12-7-8-17-11(3)9-12/h11-12,17H,5-10H2,1-4H3,(H,18,21)/t11-,12-/m0/s1. The molecule has 2 N–H and O–H groups in total. The Kier molecular flexibility index (Phi) is 5.39. The quantitative estimate of drug-likeness (QED) is 0.865. The van der Waals surface area contributed by atoms with Gasteiger partial charge >= 0.3 is 0 Å². The maximum Gasteiger partial charge on any atom is 0.223 e. The Hall–Kier alpha value is -1.36. The second kappa shape index (κ2) is 7.07. The van der Waals surface area contributed by atoms with E-state index in [-0.39, 0.29) is 11.8 Å². The molecule has 1 aliphatic heterocycles. The third-order valence-electron chi connectivity index (χ3n) is 4.46. The summed E-state index contributed by atoms with van der Waals surface area (Å²) in [5, 5.41) is 11.1. The highest BCUT2D eigenvalue weighted by Gasteiger charge is 2.25. The number of rotatable bonds is 5. The van der Waals surface area contributed by atoms with Crippen molar-refractivity contribution >= 4 is 5.91 Å². The Balaban J connectivity index is 2.00. The van der Waals surface area contributed by atoms with E-state index in [0.717, 1.165) is 37.9 Å². The molecule has 0 bridgehead atoms. The molecule has 1 saturated heterocycles. The first-order valence-corrected chi connectivity index (χ1v) is 8.11. The average molecular weight is 292 g/mol. The number of carbonyl (C=O) groups excluding carboxylic acids is 1. The van der Waals surface area contributed by atoms with E-state index < -0.39 is 0 Å². The van der Waals surface area contributed by atoms with Crippen LogP contribution in [0.3, 0.4) is 0 Å². The van der Waals surface area contributed by atoms with Crippen LogP contribution in [0.4, 0.5) is 0 Å². The molecule has 0 aromatic carbocycles. The smallest absolute Gasteiger partial charge is 0.223 e. The summed E-state index contributed by atoms with van der Waals surface area (Å²) in [4.78, 5) is 12.4. The molecule has 1 aromatic rings. The summed E-state index contributed by atoms with van der Waals surface area (Å²) in [5.41, 5.74) is 3.54. The van der Waals surface area contributed by atoms with E-state index in [1.54, 1.807) is 0 Å². The fraction of sp³-hybridized carbons (Fsp3) is 0.750. The van der Waals surface area contributed by atoms with E-state index in [4.69, 9.17) is 0 Å². The number of carbonyl (C=O) groups is 1. The lowest BCUT2D eigenvalue weighted by Crippen LogP contribution is -2.42. The third-order valence-corrected chi connectivity index (χ3v) is 4.46. The molecule has 2 heterocycles. The molecule has 0 saturated carbocycles. The summed E-state index contributed by atoms with van der Waals surface area (Å²) in [6.45, 7) is 7.94. The van der Waals surface area contributed by atoms with Crippen LogP contribution >= 0.6 is 0 Å². The maximum atomic E-state index is 12.4. The van der Waals surface area contributed by atoms with Crippen LogP contribution in [0, 0.1) is 5.92 Å². The zero-order valence-electron chi connectivity index (χ0n) is 13.7. The van der Waals surface area contributed by atoms with Crippen LogP contribution in [-0.2, 0) is 31.2 Å². The van der Waals surface area contributed by atoms with E-state index >= 15 is 0 Å². The molecule has 5 nitrogen and oxygen atoms in total. The highest BCUT2D eigenvalue weighted by Crippen LogP contribution is 2.18. The Morgan fingerprint density at radius 2 is 2.19 bits per heavy atom. The van der Waals surface area contributed by atoms with Crippen molar-refractivity contribution < 1.29 is 4.79 Å². The van der Waals surface area contributed by atoms with Crippen LogP contribution in [0.15, 0.2) is 0 Å². The number of hydrogen-bond donors (Lipinski definition) is 2. The molecule has 2 rings (SSSR count). The van der Waals surface area contributed by atoms with E-state index in [2.05, 4.69) is 36.5 Å². The first-order chi connectivity index (χ1) is 10.1. The molecule has 0 spiro atoms. The average Bonchev–Trinajstić information content (AvgIpc) is 2.79. The third kappa shape index (κ3) is 3.64. The number of nitrogens with one attached hydrogen (secondary N) is 2. The lowest BCUT2D eigenvalue weighted by molar-refractivity contribution is -0.126. The predicted molar refractivity (Wildman–Crippen MR) is 84.0 cm³/mol. The zero-order chi connectivity index (χ0) is 15.4. The number of piperidine rings is 1. The van der Waals surface area contributed by atoms with Crippen LogP contribution in [0.1, 0.15) is 50.6 Å². The van der Waals surface area contributed by atoms with E-state index in [0.29, 0.717) is 12.6 Å². The van der Waals surface area contributed by atoms with Crippen LogP contribution in [0.5, 0.6) is 0 Å². The maximum absolute atomic E-state index is 12.4. The van der Waals surface area contributed by atoms with E-state index in [1.807, 2.05) is 11.7 Å². The molecule has 1 aliphatic rings. The van der Waals surface area contributed by atoms with Gasteiger partial charge in [0.2, 0.25) is 5.91 Å². The molecule has 118 valence electrons. The van der Waals surface area contributed by atoms with Crippen molar-refractivity contribution in [2.75, 3.05) is 6.54 Å². The number of nitrogens with zero attached hydrogens (tertiary/aromatic N) is 2. The fourth-order valence-corrected chi connectivity index (χ4v) is 3.28. The van der Waals surface area contributed by atoms with Crippen molar-refractivity contribution in [3.63, 3.8) is 0 Å². The minimum atomic E-state index is 0.146.